The summed E-state index contributed by atoms with van der Waals surface area (Å²) < 4.78 is 17.0. The van der Waals surface area contributed by atoms with Crippen molar-refractivity contribution in [2.45, 2.75) is 45.1 Å². The molecule has 0 spiro atoms. The first-order chi connectivity index (χ1) is 12.6. The van der Waals surface area contributed by atoms with E-state index in [4.69, 9.17) is 13.9 Å². The molecule has 1 aromatic heterocycles. The predicted octanol–water partition coefficient (Wildman–Crippen LogP) is 2.95. The van der Waals surface area contributed by atoms with E-state index in [0.29, 0.717) is 42.1 Å². The highest BCUT2D eigenvalue weighted by molar-refractivity contribution is 5.95. The van der Waals surface area contributed by atoms with Crippen molar-refractivity contribution in [2.24, 2.45) is 0 Å². The van der Waals surface area contributed by atoms with E-state index >= 15 is 0 Å². The molecule has 0 radical (unpaired) electrons. The third kappa shape index (κ3) is 3.13. The lowest BCUT2D eigenvalue weighted by molar-refractivity contribution is 0.0582. The number of piperidine rings is 1. The van der Waals surface area contributed by atoms with Crippen LogP contribution in [0.25, 0.3) is 0 Å². The summed E-state index contributed by atoms with van der Waals surface area (Å²) in [5.41, 5.74) is 0.614. The van der Waals surface area contributed by atoms with E-state index in [2.05, 4.69) is 10.2 Å². The Morgan fingerprint density at radius 2 is 1.96 bits per heavy atom. The van der Waals surface area contributed by atoms with Gasteiger partial charge in [0.1, 0.15) is 0 Å². The second kappa shape index (κ2) is 6.97. The summed E-state index contributed by atoms with van der Waals surface area (Å²) in [6.45, 7) is 5.78. The number of nitrogens with zero attached hydrogens (tertiary/aromatic N) is 3. The minimum absolute atomic E-state index is 0.00548. The molecule has 3 heterocycles. The standard InChI is InChI=1S/C19H23N3O4/c1-12-15(18-21-20-13(2)26-18)5-3-8-22(12)19(23)14-6-7-16-17(11-14)25-10-4-9-24-16/h6-7,11-12,15H,3-5,8-10H2,1-2H3/t12-,15-/m0/s1. The zero-order valence-corrected chi connectivity index (χ0v) is 15.1. The van der Waals surface area contributed by atoms with Crippen LogP contribution < -0.4 is 9.47 Å². The monoisotopic (exact) mass is 357 g/mol. The van der Waals surface area contributed by atoms with Gasteiger partial charge in [0.2, 0.25) is 11.8 Å². The Morgan fingerprint density at radius 3 is 2.73 bits per heavy atom. The van der Waals surface area contributed by atoms with Crippen LogP contribution in [0.1, 0.15) is 54.2 Å². The maximum absolute atomic E-state index is 13.1. The number of rotatable bonds is 2. The van der Waals surface area contributed by atoms with Crippen LogP contribution in [0.15, 0.2) is 22.6 Å². The normalized spacial score (nSPS) is 22.8. The minimum atomic E-state index is -0.00733. The van der Waals surface area contributed by atoms with Crippen molar-refractivity contribution >= 4 is 5.91 Å². The Kier molecular flexibility index (Phi) is 4.53. The van der Waals surface area contributed by atoms with Gasteiger partial charge in [0.25, 0.3) is 5.91 Å². The van der Waals surface area contributed by atoms with E-state index in [1.807, 2.05) is 24.0 Å². The summed E-state index contributed by atoms with van der Waals surface area (Å²) in [7, 11) is 0. The van der Waals surface area contributed by atoms with Crippen LogP contribution in [-0.4, -0.2) is 46.8 Å². The minimum Gasteiger partial charge on any atom is -0.490 e. The van der Waals surface area contributed by atoms with E-state index in [9.17, 15) is 4.79 Å². The molecule has 0 bridgehead atoms. The highest BCUT2D eigenvalue weighted by Gasteiger charge is 2.35. The molecule has 7 heteroatoms. The lowest BCUT2D eigenvalue weighted by atomic mass is 9.89. The summed E-state index contributed by atoms with van der Waals surface area (Å²) in [5.74, 6) is 2.57. The van der Waals surface area contributed by atoms with Gasteiger partial charge in [0.05, 0.1) is 19.1 Å². The number of fused-ring (bicyclic) bond motifs is 1. The van der Waals surface area contributed by atoms with Gasteiger partial charge in [-0.3, -0.25) is 4.79 Å². The van der Waals surface area contributed by atoms with Crippen molar-refractivity contribution in [1.82, 2.24) is 15.1 Å². The molecular weight excluding hydrogens is 334 g/mol. The fraction of sp³-hybridized carbons (Fsp3) is 0.526. The topological polar surface area (TPSA) is 77.7 Å². The molecule has 2 atom stereocenters. The highest BCUT2D eigenvalue weighted by Crippen LogP contribution is 2.34. The van der Waals surface area contributed by atoms with Gasteiger partial charge in [-0.2, -0.15) is 0 Å². The van der Waals surface area contributed by atoms with Gasteiger partial charge in [0, 0.05) is 31.5 Å². The molecule has 4 rings (SSSR count). The van der Waals surface area contributed by atoms with E-state index in [1.165, 1.54) is 0 Å². The molecule has 138 valence electrons. The molecule has 1 amide bonds. The first kappa shape index (κ1) is 16.9. The molecule has 0 unspecified atom stereocenters. The molecular formula is C19H23N3O4. The first-order valence-electron chi connectivity index (χ1n) is 9.14. The number of amides is 1. The van der Waals surface area contributed by atoms with E-state index in [1.54, 1.807) is 13.0 Å². The molecule has 1 saturated heterocycles. The Labute approximate surface area is 152 Å². The number of ether oxygens (including phenoxy) is 2. The SMILES string of the molecule is Cc1nnc([C@H]2CCCN(C(=O)c3ccc4c(c3)OCCCO4)[C@H]2C)o1. The predicted molar refractivity (Wildman–Crippen MR) is 93.6 cm³/mol. The van der Waals surface area contributed by atoms with Gasteiger partial charge in [-0.25, -0.2) is 0 Å². The van der Waals surface area contributed by atoms with Crippen molar-refractivity contribution in [3.05, 3.63) is 35.5 Å². The molecule has 7 nitrogen and oxygen atoms in total. The van der Waals surface area contributed by atoms with Crippen LogP contribution in [-0.2, 0) is 0 Å². The Hall–Kier alpha value is -2.57. The van der Waals surface area contributed by atoms with Crippen LogP contribution in [0.5, 0.6) is 11.5 Å². The molecule has 2 aromatic rings. The third-order valence-electron chi connectivity index (χ3n) is 5.10. The molecule has 0 N–H and O–H groups in total. The maximum atomic E-state index is 13.1. The number of carbonyl (C=O) groups excluding carboxylic acids is 1. The molecule has 0 saturated carbocycles. The zero-order chi connectivity index (χ0) is 18.1. The van der Waals surface area contributed by atoms with Crippen molar-refractivity contribution in [1.29, 1.82) is 0 Å². The van der Waals surface area contributed by atoms with Crippen LogP contribution in [0.3, 0.4) is 0 Å². The number of likely N-dealkylation sites (tertiary alicyclic amines) is 1. The average molecular weight is 357 g/mol. The van der Waals surface area contributed by atoms with Gasteiger partial charge in [-0.1, -0.05) is 0 Å². The van der Waals surface area contributed by atoms with Gasteiger partial charge in [-0.05, 0) is 38.0 Å². The molecule has 2 aliphatic heterocycles. The maximum Gasteiger partial charge on any atom is 0.254 e. The Morgan fingerprint density at radius 1 is 1.15 bits per heavy atom. The average Bonchev–Trinajstić information content (AvgIpc) is 2.94. The molecule has 1 fully saturated rings. The van der Waals surface area contributed by atoms with Crippen molar-refractivity contribution in [2.75, 3.05) is 19.8 Å². The van der Waals surface area contributed by atoms with Crippen LogP contribution >= 0.6 is 0 Å². The van der Waals surface area contributed by atoms with Gasteiger partial charge in [0.15, 0.2) is 11.5 Å². The van der Waals surface area contributed by atoms with Crippen molar-refractivity contribution in [3.63, 3.8) is 0 Å². The van der Waals surface area contributed by atoms with Gasteiger partial charge >= 0.3 is 0 Å². The molecule has 26 heavy (non-hydrogen) atoms. The summed E-state index contributed by atoms with van der Waals surface area (Å²) in [6.07, 6.45) is 2.69. The van der Waals surface area contributed by atoms with E-state index in [0.717, 1.165) is 25.8 Å². The number of aryl methyl sites for hydroxylation is 1. The highest BCUT2D eigenvalue weighted by atomic mass is 16.5. The van der Waals surface area contributed by atoms with Crippen molar-refractivity contribution < 1.29 is 18.7 Å². The largest absolute Gasteiger partial charge is 0.490 e. The summed E-state index contributed by atoms with van der Waals surface area (Å²) in [6, 6.07) is 5.41. The summed E-state index contributed by atoms with van der Waals surface area (Å²) in [4.78, 5) is 15.0. The second-order valence-electron chi connectivity index (χ2n) is 6.86. The lowest BCUT2D eigenvalue weighted by Crippen LogP contribution is -2.46. The fourth-order valence-corrected chi connectivity index (χ4v) is 3.68. The van der Waals surface area contributed by atoms with Crippen LogP contribution in [0.2, 0.25) is 0 Å². The molecule has 0 aliphatic carbocycles. The van der Waals surface area contributed by atoms with Crippen molar-refractivity contribution in [3.8, 4) is 11.5 Å². The smallest absolute Gasteiger partial charge is 0.254 e. The van der Waals surface area contributed by atoms with E-state index in [-0.39, 0.29) is 17.9 Å². The number of benzene rings is 1. The lowest BCUT2D eigenvalue weighted by Gasteiger charge is -2.38. The fourth-order valence-electron chi connectivity index (χ4n) is 3.68. The Balaban J connectivity index is 1.56. The number of hydrogen-bond donors (Lipinski definition) is 0. The third-order valence-corrected chi connectivity index (χ3v) is 5.10. The molecule has 1 aromatic carbocycles. The molecule has 2 aliphatic rings. The van der Waals surface area contributed by atoms with Crippen LogP contribution in [0, 0.1) is 6.92 Å². The summed E-state index contributed by atoms with van der Waals surface area (Å²) >= 11 is 0. The second-order valence-corrected chi connectivity index (χ2v) is 6.86. The summed E-state index contributed by atoms with van der Waals surface area (Å²) in [5, 5.41) is 8.09. The number of hydrogen-bond acceptors (Lipinski definition) is 6. The zero-order valence-electron chi connectivity index (χ0n) is 15.1. The Bertz CT molecular complexity index is 804. The van der Waals surface area contributed by atoms with Crippen LogP contribution in [0.4, 0.5) is 0 Å². The van der Waals surface area contributed by atoms with Gasteiger partial charge in [-0.15, -0.1) is 10.2 Å². The number of aromatic nitrogens is 2. The number of carbonyl (C=O) groups is 1. The first-order valence-corrected chi connectivity index (χ1v) is 9.14. The quantitative estimate of drug-likeness (QED) is 0.822. The van der Waals surface area contributed by atoms with Gasteiger partial charge < -0.3 is 18.8 Å². The van der Waals surface area contributed by atoms with E-state index < -0.39 is 0 Å².